The van der Waals surface area contributed by atoms with Gasteiger partial charge in [-0.1, -0.05) is 23.2 Å². The molecule has 1 fully saturated rings. The van der Waals surface area contributed by atoms with E-state index in [1.165, 1.54) is 16.4 Å². The summed E-state index contributed by atoms with van der Waals surface area (Å²) < 4.78 is 26.8. The van der Waals surface area contributed by atoms with Crippen LogP contribution in [0.2, 0.25) is 10.0 Å². The van der Waals surface area contributed by atoms with Gasteiger partial charge in [-0.25, -0.2) is 8.42 Å². The van der Waals surface area contributed by atoms with Crippen LogP contribution < -0.4 is 0 Å². The highest BCUT2D eigenvalue weighted by Gasteiger charge is 2.33. The van der Waals surface area contributed by atoms with Crippen LogP contribution in [0.3, 0.4) is 0 Å². The lowest BCUT2D eigenvalue weighted by atomic mass is 9.97. The fourth-order valence-corrected chi connectivity index (χ4v) is 4.83. The van der Waals surface area contributed by atoms with Gasteiger partial charge in [0.05, 0.1) is 5.02 Å². The van der Waals surface area contributed by atoms with E-state index in [1.807, 2.05) is 6.92 Å². The zero-order valence-electron chi connectivity index (χ0n) is 13.1. The molecule has 0 spiro atoms. The van der Waals surface area contributed by atoms with Crippen LogP contribution in [0, 0.1) is 5.92 Å². The number of rotatable bonds is 4. The number of hydrogen-bond donors (Lipinski definition) is 0. The molecular formula is C15H20Cl2N2O3S. The van der Waals surface area contributed by atoms with Crippen molar-refractivity contribution in [3.8, 4) is 0 Å². The van der Waals surface area contributed by atoms with Gasteiger partial charge in [-0.2, -0.15) is 4.31 Å². The normalized spacial score (nSPS) is 17.2. The third-order valence-corrected chi connectivity index (χ3v) is 6.78. The number of nitrogens with zero attached hydrogens (tertiary/aromatic N) is 2. The van der Waals surface area contributed by atoms with Gasteiger partial charge in [-0.15, -0.1) is 0 Å². The molecule has 1 aromatic rings. The maximum atomic E-state index is 12.7. The van der Waals surface area contributed by atoms with Crippen molar-refractivity contribution in [2.75, 3.05) is 26.7 Å². The van der Waals surface area contributed by atoms with E-state index < -0.39 is 10.0 Å². The molecule has 128 valence electrons. The molecule has 1 heterocycles. The van der Waals surface area contributed by atoms with Gasteiger partial charge in [0.15, 0.2) is 0 Å². The lowest BCUT2D eigenvalue weighted by Crippen LogP contribution is -2.43. The summed E-state index contributed by atoms with van der Waals surface area (Å²) >= 11 is 11.9. The molecule has 23 heavy (non-hydrogen) atoms. The number of carbonyl (C=O) groups is 1. The molecule has 0 unspecified atom stereocenters. The average molecular weight is 379 g/mol. The predicted octanol–water partition coefficient (Wildman–Crippen LogP) is 2.87. The summed E-state index contributed by atoms with van der Waals surface area (Å²) in [6.45, 7) is 3.17. The van der Waals surface area contributed by atoms with Crippen LogP contribution in [0.5, 0.6) is 0 Å². The lowest BCUT2D eigenvalue weighted by Gasteiger charge is -2.32. The van der Waals surface area contributed by atoms with Crippen molar-refractivity contribution < 1.29 is 13.2 Å². The number of halogens is 2. The van der Waals surface area contributed by atoms with Crippen LogP contribution >= 0.6 is 23.2 Å². The molecule has 2 rings (SSSR count). The van der Waals surface area contributed by atoms with E-state index in [4.69, 9.17) is 23.2 Å². The first-order chi connectivity index (χ1) is 10.8. The standard InChI is InChI=1S/C15H20Cl2N2O3S/c1-3-18(2)15(20)11-6-8-19(9-7-11)23(21,22)14-10-12(16)4-5-13(14)17/h4-5,10-11H,3,6-9H2,1-2H3. The first kappa shape index (κ1) is 18.5. The second kappa shape index (κ2) is 7.38. The summed E-state index contributed by atoms with van der Waals surface area (Å²) in [5.74, 6) is -0.0495. The van der Waals surface area contributed by atoms with Crippen molar-refractivity contribution in [2.45, 2.75) is 24.7 Å². The van der Waals surface area contributed by atoms with Gasteiger partial charge < -0.3 is 4.90 Å². The summed E-state index contributed by atoms with van der Waals surface area (Å²) in [5.41, 5.74) is 0. The SMILES string of the molecule is CCN(C)C(=O)C1CCN(S(=O)(=O)c2cc(Cl)ccc2Cl)CC1. The Balaban J connectivity index is 2.13. The molecule has 0 atom stereocenters. The van der Waals surface area contributed by atoms with Gasteiger partial charge >= 0.3 is 0 Å². The highest BCUT2D eigenvalue weighted by molar-refractivity contribution is 7.89. The molecule has 0 aliphatic carbocycles. The molecule has 1 saturated heterocycles. The van der Waals surface area contributed by atoms with Gasteiger partial charge in [0.1, 0.15) is 4.90 Å². The molecule has 0 bridgehead atoms. The summed E-state index contributed by atoms with van der Waals surface area (Å²) in [6.07, 6.45) is 1.03. The van der Waals surface area contributed by atoms with E-state index in [-0.39, 0.29) is 21.7 Å². The topological polar surface area (TPSA) is 57.7 Å². The average Bonchev–Trinajstić information content (AvgIpc) is 2.55. The van der Waals surface area contributed by atoms with Gasteiger partial charge in [0, 0.05) is 37.6 Å². The molecule has 0 N–H and O–H groups in total. The molecular weight excluding hydrogens is 359 g/mol. The Kier molecular flexibility index (Phi) is 5.94. The Morgan fingerprint density at radius 2 is 1.91 bits per heavy atom. The molecule has 1 amide bonds. The van der Waals surface area contributed by atoms with Crippen LogP contribution in [0.15, 0.2) is 23.1 Å². The Bertz CT molecular complexity index is 686. The third kappa shape index (κ3) is 3.99. The monoisotopic (exact) mass is 378 g/mol. The van der Waals surface area contributed by atoms with E-state index >= 15 is 0 Å². The van der Waals surface area contributed by atoms with Crippen molar-refractivity contribution >= 4 is 39.1 Å². The van der Waals surface area contributed by atoms with Crippen molar-refractivity contribution in [3.05, 3.63) is 28.2 Å². The highest BCUT2D eigenvalue weighted by atomic mass is 35.5. The summed E-state index contributed by atoms with van der Waals surface area (Å²) in [6, 6.07) is 4.39. The maximum Gasteiger partial charge on any atom is 0.244 e. The predicted molar refractivity (Wildman–Crippen MR) is 91.3 cm³/mol. The minimum atomic E-state index is -3.70. The smallest absolute Gasteiger partial charge is 0.244 e. The zero-order chi connectivity index (χ0) is 17.2. The second-order valence-corrected chi connectivity index (χ2v) is 8.36. The van der Waals surface area contributed by atoms with Gasteiger partial charge in [-0.3, -0.25) is 4.79 Å². The third-order valence-electron chi connectivity index (χ3n) is 4.16. The number of amides is 1. The maximum absolute atomic E-state index is 12.7. The summed E-state index contributed by atoms with van der Waals surface area (Å²) in [5, 5.41) is 0.473. The minimum absolute atomic E-state index is 0.0159. The molecule has 5 nitrogen and oxygen atoms in total. The number of piperidine rings is 1. The van der Waals surface area contributed by atoms with Crippen LogP contribution in [-0.4, -0.2) is 50.2 Å². The molecule has 0 saturated carbocycles. The molecule has 1 aliphatic heterocycles. The van der Waals surface area contributed by atoms with E-state index in [0.29, 0.717) is 37.5 Å². The van der Waals surface area contributed by atoms with E-state index in [1.54, 1.807) is 18.0 Å². The Morgan fingerprint density at radius 1 is 1.30 bits per heavy atom. The Morgan fingerprint density at radius 3 is 2.48 bits per heavy atom. The molecule has 0 aromatic heterocycles. The van der Waals surface area contributed by atoms with Crippen LogP contribution in [0.1, 0.15) is 19.8 Å². The summed E-state index contributed by atoms with van der Waals surface area (Å²) in [4.78, 5) is 13.9. The van der Waals surface area contributed by atoms with Crippen LogP contribution in [0.25, 0.3) is 0 Å². The molecule has 8 heteroatoms. The fraction of sp³-hybridized carbons (Fsp3) is 0.533. The van der Waals surface area contributed by atoms with Crippen molar-refractivity contribution in [1.29, 1.82) is 0 Å². The van der Waals surface area contributed by atoms with E-state index in [9.17, 15) is 13.2 Å². The largest absolute Gasteiger partial charge is 0.346 e. The fourth-order valence-electron chi connectivity index (χ4n) is 2.62. The van der Waals surface area contributed by atoms with Gasteiger partial charge in [0.25, 0.3) is 0 Å². The first-order valence-electron chi connectivity index (χ1n) is 7.47. The van der Waals surface area contributed by atoms with Crippen LogP contribution in [0.4, 0.5) is 0 Å². The van der Waals surface area contributed by atoms with Gasteiger partial charge in [0.2, 0.25) is 15.9 Å². The van der Waals surface area contributed by atoms with E-state index in [2.05, 4.69) is 0 Å². The van der Waals surface area contributed by atoms with Crippen molar-refractivity contribution in [2.24, 2.45) is 5.92 Å². The molecule has 1 aromatic carbocycles. The second-order valence-electron chi connectivity index (χ2n) is 5.61. The number of carbonyl (C=O) groups excluding carboxylic acids is 1. The molecule has 1 aliphatic rings. The van der Waals surface area contributed by atoms with Crippen LogP contribution in [-0.2, 0) is 14.8 Å². The van der Waals surface area contributed by atoms with Crippen molar-refractivity contribution in [3.63, 3.8) is 0 Å². The number of hydrogen-bond acceptors (Lipinski definition) is 3. The van der Waals surface area contributed by atoms with E-state index in [0.717, 1.165) is 0 Å². The lowest BCUT2D eigenvalue weighted by molar-refractivity contribution is -0.135. The number of sulfonamides is 1. The number of benzene rings is 1. The Labute approximate surface area is 147 Å². The van der Waals surface area contributed by atoms with Gasteiger partial charge in [-0.05, 0) is 38.0 Å². The first-order valence-corrected chi connectivity index (χ1v) is 9.67. The molecule has 0 radical (unpaired) electrons. The zero-order valence-corrected chi connectivity index (χ0v) is 15.5. The minimum Gasteiger partial charge on any atom is -0.346 e. The van der Waals surface area contributed by atoms with Crippen molar-refractivity contribution in [1.82, 2.24) is 9.21 Å². The Hall–Kier alpha value is -0.820. The highest BCUT2D eigenvalue weighted by Crippen LogP contribution is 2.30. The summed E-state index contributed by atoms with van der Waals surface area (Å²) in [7, 11) is -1.94. The quantitative estimate of drug-likeness (QED) is 0.808.